The van der Waals surface area contributed by atoms with E-state index in [-0.39, 0.29) is 40.9 Å². The van der Waals surface area contributed by atoms with Gasteiger partial charge in [-0.3, -0.25) is 34.1 Å². The van der Waals surface area contributed by atoms with Crippen molar-refractivity contribution in [1.82, 2.24) is 34.7 Å². The second kappa shape index (κ2) is 27.7. The molecule has 0 aromatic carbocycles. The van der Waals surface area contributed by atoms with Crippen LogP contribution >= 0.6 is 0 Å². The van der Waals surface area contributed by atoms with E-state index in [0.29, 0.717) is 57.5 Å². The monoisotopic (exact) mass is 936 g/mol. The quantitative estimate of drug-likeness (QED) is 0.261. The molecular formula is C52H105F4N7O2. The van der Waals surface area contributed by atoms with Gasteiger partial charge >= 0.3 is 0 Å². The van der Waals surface area contributed by atoms with E-state index < -0.39 is 17.3 Å². The summed E-state index contributed by atoms with van der Waals surface area (Å²) >= 11 is 0. The van der Waals surface area contributed by atoms with Crippen LogP contribution in [0.2, 0.25) is 0 Å². The van der Waals surface area contributed by atoms with Crippen LogP contribution in [0.25, 0.3) is 0 Å². The first-order chi connectivity index (χ1) is 29.3. The van der Waals surface area contributed by atoms with E-state index in [0.717, 1.165) is 64.3 Å². The van der Waals surface area contributed by atoms with E-state index in [1.54, 1.807) is 18.7 Å². The number of Topliss-reactive ketones (excluding diaryl/α,β-unsaturated/α-hetero) is 1. The number of rotatable bonds is 1. The van der Waals surface area contributed by atoms with Crippen molar-refractivity contribution in [3.8, 4) is 0 Å². The van der Waals surface area contributed by atoms with E-state index >= 15 is 0 Å². The number of likely N-dealkylation sites (tertiary alicyclic amines) is 4. The maximum absolute atomic E-state index is 13.6. The van der Waals surface area contributed by atoms with Gasteiger partial charge in [-0.25, -0.2) is 17.6 Å². The molecule has 6 saturated heterocycles. The van der Waals surface area contributed by atoms with Crippen LogP contribution in [-0.4, -0.2) is 179 Å². The summed E-state index contributed by atoms with van der Waals surface area (Å²) in [5.41, 5.74) is -1.51. The molecule has 0 spiro atoms. The molecule has 1 N–H and O–H groups in total. The second-order valence-electron chi connectivity index (χ2n) is 24.8. The molecule has 6 fully saturated rings. The predicted molar refractivity (Wildman–Crippen MR) is 269 cm³/mol. The first-order valence-electron chi connectivity index (χ1n) is 25.2. The molecule has 0 aromatic heterocycles. The molecule has 2 atom stereocenters. The van der Waals surface area contributed by atoms with E-state index in [1.165, 1.54) is 19.5 Å². The van der Waals surface area contributed by atoms with Crippen molar-refractivity contribution in [1.29, 1.82) is 0 Å². The average molecular weight is 936 g/mol. The maximum Gasteiger partial charge on any atom is 0.250 e. The standard InChI is InChI=1S/C10H20FN.C9H17F2N.C9H18FN.C9H18N2O.C8H15NO.C4H10.C3H7N/c1-9(2,3)12-7-5-6-10(4,11)8-12;1-8(2,3)12-6-4-9(10,11)5-7-12;1-8(2,3)11-6-5-9(4,10)7-11;1-9(2,3)11-6-5-10(4)8(12)7-11;1-7(2)9-5-3-4-8(10)6-9;1-4(2)3;1-2-4-3-1/h5-8H2,1-4H3;4-7H2,1-3H3;5-7H2,1-4H3;5-7H2,1-4H3;7H,3-6H2,1-2H3;4H,1-3H3;4H,1-3H2. The van der Waals surface area contributed by atoms with Gasteiger partial charge in [-0.05, 0) is 175 Å². The van der Waals surface area contributed by atoms with Crippen LogP contribution in [0.3, 0.4) is 0 Å². The largest absolute Gasteiger partial charge is 0.343 e. The molecule has 0 radical (unpaired) electrons. The Kier molecular flexibility index (Phi) is 27.1. The number of ketones is 1. The Morgan fingerprint density at radius 1 is 0.523 bits per heavy atom. The number of piperazine rings is 1. The highest BCUT2D eigenvalue weighted by Crippen LogP contribution is 2.32. The third-order valence-electron chi connectivity index (χ3n) is 12.5. The number of carbonyl (C=O) groups excluding carboxylic acids is 2. The number of likely N-dealkylation sites (N-methyl/N-ethyl adjacent to an activating group) is 1. The van der Waals surface area contributed by atoms with Gasteiger partial charge in [-0.2, -0.15) is 0 Å². The third kappa shape index (κ3) is 29.3. The Bertz CT molecular complexity index is 1310. The minimum absolute atomic E-state index is 0.0181. The molecule has 65 heavy (non-hydrogen) atoms. The zero-order chi connectivity index (χ0) is 50.8. The van der Waals surface area contributed by atoms with Crippen molar-refractivity contribution in [2.24, 2.45) is 5.92 Å². The Balaban J connectivity index is 0.000000755. The fourth-order valence-corrected chi connectivity index (χ4v) is 7.58. The van der Waals surface area contributed by atoms with Crippen LogP contribution in [0.15, 0.2) is 0 Å². The van der Waals surface area contributed by atoms with Crippen molar-refractivity contribution in [2.75, 3.05) is 92.1 Å². The molecule has 6 heterocycles. The summed E-state index contributed by atoms with van der Waals surface area (Å²) in [5.74, 6) is -0.946. The number of amides is 1. The number of hydrogen-bond acceptors (Lipinski definition) is 8. The molecule has 6 aliphatic heterocycles. The van der Waals surface area contributed by atoms with Gasteiger partial charge in [0.15, 0.2) is 0 Å². The zero-order valence-electron chi connectivity index (χ0n) is 46.0. The highest BCUT2D eigenvalue weighted by atomic mass is 19.3. The molecule has 13 heteroatoms. The minimum Gasteiger partial charge on any atom is -0.343 e. The van der Waals surface area contributed by atoms with Crippen LogP contribution < -0.4 is 5.32 Å². The summed E-state index contributed by atoms with van der Waals surface area (Å²) in [4.78, 5) is 35.1. The van der Waals surface area contributed by atoms with Crippen LogP contribution in [-0.2, 0) is 9.59 Å². The second-order valence-corrected chi connectivity index (χ2v) is 24.8. The Hall–Kier alpha value is -1.38. The van der Waals surface area contributed by atoms with Gasteiger partial charge in [0.05, 0.1) is 13.1 Å². The Morgan fingerprint density at radius 2 is 0.923 bits per heavy atom. The normalized spacial score (nSPS) is 26.3. The van der Waals surface area contributed by atoms with Crippen molar-refractivity contribution >= 4 is 11.7 Å². The Morgan fingerprint density at radius 3 is 1.22 bits per heavy atom. The molecule has 0 aromatic rings. The summed E-state index contributed by atoms with van der Waals surface area (Å²) in [6.07, 6.45) is 5.67. The van der Waals surface area contributed by atoms with Crippen molar-refractivity contribution in [2.45, 2.75) is 228 Å². The van der Waals surface area contributed by atoms with Gasteiger partial charge in [0.1, 0.15) is 17.1 Å². The summed E-state index contributed by atoms with van der Waals surface area (Å²) in [6, 6.07) is 0.532. The van der Waals surface area contributed by atoms with Crippen molar-refractivity contribution < 1.29 is 27.2 Å². The first-order valence-corrected chi connectivity index (χ1v) is 25.2. The number of carbonyl (C=O) groups is 2. The van der Waals surface area contributed by atoms with Gasteiger partial charge in [0.2, 0.25) is 5.91 Å². The van der Waals surface area contributed by atoms with Crippen LogP contribution in [0, 0.1) is 5.92 Å². The SMILES string of the molecule is C1CNC1.CC(C)(C)N1CCC(F)(F)CC1.CC(C)C.CC(C)N1CCCC(=O)C1.CC1(F)CCCN(C(C)(C)C)C1.CC1(F)CCN(C(C)(C)C)C1.CN1CCN(C(C)(C)C)CC1=O. The molecule has 6 rings (SSSR count). The molecule has 0 bridgehead atoms. The van der Waals surface area contributed by atoms with Gasteiger partial charge in [0.25, 0.3) is 5.92 Å². The fraction of sp³-hybridized carbons (Fsp3) is 0.962. The molecular weight excluding hydrogens is 831 g/mol. The number of halogens is 4. The summed E-state index contributed by atoms with van der Waals surface area (Å²) in [7, 11) is 1.86. The van der Waals surface area contributed by atoms with Gasteiger partial charge in [0, 0.05) is 100 Å². The number of alkyl halides is 4. The average Bonchev–Trinajstić information content (AvgIpc) is 3.48. The number of nitrogens with zero attached hydrogens (tertiary/aromatic N) is 6. The van der Waals surface area contributed by atoms with E-state index in [9.17, 15) is 27.2 Å². The third-order valence-corrected chi connectivity index (χ3v) is 12.5. The lowest BCUT2D eigenvalue weighted by Gasteiger charge is -2.43. The van der Waals surface area contributed by atoms with E-state index in [2.05, 4.69) is 148 Å². The Labute approximate surface area is 398 Å². The molecule has 0 aliphatic carbocycles. The summed E-state index contributed by atoms with van der Waals surface area (Å²) in [6.45, 7) is 50.5. The fourth-order valence-electron chi connectivity index (χ4n) is 7.58. The van der Waals surface area contributed by atoms with E-state index in [4.69, 9.17) is 0 Å². The highest BCUT2D eigenvalue weighted by Gasteiger charge is 2.39. The highest BCUT2D eigenvalue weighted by molar-refractivity contribution is 5.81. The predicted octanol–water partition coefficient (Wildman–Crippen LogP) is 10.6. The van der Waals surface area contributed by atoms with Gasteiger partial charge in [-0.15, -0.1) is 0 Å². The lowest BCUT2D eigenvalue weighted by molar-refractivity contribution is -0.136. The molecule has 9 nitrogen and oxygen atoms in total. The van der Waals surface area contributed by atoms with Crippen molar-refractivity contribution in [3.63, 3.8) is 0 Å². The molecule has 1 amide bonds. The maximum atomic E-state index is 13.6. The topological polar surface area (TPSA) is 65.6 Å². The molecule has 6 aliphatic rings. The van der Waals surface area contributed by atoms with Crippen LogP contribution in [0.4, 0.5) is 17.6 Å². The van der Waals surface area contributed by atoms with Crippen LogP contribution in [0.5, 0.6) is 0 Å². The number of piperidine rings is 3. The lowest BCUT2D eigenvalue weighted by Crippen LogP contribution is -2.55. The number of nitrogens with one attached hydrogen (secondary N) is 1. The first kappa shape index (κ1) is 63.6. The van der Waals surface area contributed by atoms with Gasteiger partial charge < -0.3 is 10.2 Å². The lowest BCUT2D eigenvalue weighted by atomic mass is 9.92. The molecule has 0 saturated carbocycles. The molecule has 388 valence electrons. The number of hydrogen-bond donors (Lipinski definition) is 1. The molecule has 2 unspecified atom stereocenters. The summed E-state index contributed by atoms with van der Waals surface area (Å²) < 4.78 is 52.4. The zero-order valence-corrected chi connectivity index (χ0v) is 46.0. The van der Waals surface area contributed by atoms with E-state index in [1.807, 2.05) is 7.05 Å². The van der Waals surface area contributed by atoms with Gasteiger partial charge in [-0.1, -0.05) is 20.8 Å². The van der Waals surface area contributed by atoms with Crippen molar-refractivity contribution in [3.05, 3.63) is 0 Å². The minimum atomic E-state index is -2.41. The smallest absolute Gasteiger partial charge is 0.250 e. The summed E-state index contributed by atoms with van der Waals surface area (Å²) in [5, 5.41) is 3.11. The van der Waals surface area contributed by atoms with Crippen LogP contribution in [0.1, 0.15) is 183 Å².